The Labute approximate surface area is 191 Å². The third kappa shape index (κ3) is 6.26. The zero-order valence-corrected chi connectivity index (χ0v) is 18.4. The molecule has 3 aromatic carbocycles. The molecule has 0 bridgehead atoms. The van der Waals surface area contributed by atoms with Gasteiger partial charge in [0.05, 0.1) is 18.2 Å². The average molecular weight is 451 g/mol. The summed E-state index contributed by atoms with van der Waals surface area (Å²) in [4.78, 5) is 11.2. The Morgan fingerprint density at radius 3 is 2.62 bits per heavy atom. The number of aryl methyl sites for hydroxylation is 1. The van der Waals surface area contributed by atoms with Gasteiger partial charge in [-0.2, -0.15) is 5.10 Å². The molecule has 3 rings (SSSR count). The molecule has 0 saturated heterocycles. The molecule has 0 spiro atoms. The number of rotatable bonds is 8. The van der Waals surface area contributed by atoms with Crippen molar-refractivity contribution in [3.63, 3.8) is 0 Å². The number of hydrogen-bond donors (Lipinski definition) is 2. The first-order chi connectivity index (χ1) is 15.5. The van der Waals surface area contributed by atoms with E-state index in [1.807, 2.05) is 61.5 Å². The predicted octanol–water partition coefficient (Wildman–Crippen LogP) is 4.81. The van der Waals surface area contributed by atoms with Crippen LogP contribution in [0.2, 0.25) is 0 Å². The van der Waals surface area contributed by atoms with E-state index >= 15 is 0 Å². The lowest BCUT2D eigenvalue weighted by Crippen LogP contribution is -2.23. The van der Waals surface area contributed by atoms with Crippen molar-refractivity contribution in [1.29, 1.82) is 0 Å². The fourth-order valence-electron chi connectivity index (χ4n) is 2.92. The molecule has 2 N–H and O–H groups in total. The molecule has 0 fully saturated rings. The quantitative estimate of drug-likeness (QED) is 0.220. The van der Waals surface area contributed by atoms with Crippen LogP contribution >= 0.6 is 12.2 Å². The summed E-state index contributed by atoms with van der Waals surface area (Å²) in [6, 6.07) is 20.1. The molecule has 0 aromatic heterocycles. The molecule has 164 valence electrons. The Kier molecular flexibility index (Phi) is 7.71. The van der Waals surface area contributed by atoms with Crippen molar-refractivity contribution in [2.45, 2.75) is 13.5 Å². The van der Waals surface area contributed by atoms with Crippen LogP contribution in [0, 0.1) is 17.0 Å². The summed E-state index contributed by atoms with van der Waals surface area (Å²) in [6.07, 6.45) is 1.42. The lowest BCUT2D eigenvalue weighted by molar-refractivity contribution is -0.386. The predicted molar refractivity (Wildman–Crippen MR) is 129 cm³/mol. The Balaban J connectivity index is 1.74. The van der Waals surface area contributed by atoms with Crippen LogP contribution in [0.25, 0.3) is 0 Å². The van der Waals surface area contributed by atoms with Crippen LogP contribution < -0.4 is 20.2 Å². The number of thiocarbonyl (C=S) groups is 1. The number of nitro benzene ring substituents is 1. The molecular weight excluding hydrogens is 428 g/mol. The highest BCUT2D eigenvalue weighted by Crippen LogP contribution is 2.38. The molecule has 0 atom stereocenters. The van der Waals surface area contributed by atoms with E-state index in [1.165, 1.54) is 19.4 Å². The van der Waals surface area contributed by atoms with E-state index < -0.39 is 4.92 Å². The van der Waals surface area contributed by atoms with Crippen molar-refractivity contribution >= 4 is 34.9 Å². The number of nitro groups is 1. The number of hydrogen-bond acceptors (Lipinski definition) is 6. The largest absolute Gasteiger partial charge is 0.493 e. The number of benzene rings is 3. The number of para-hydroxylation sites is 1. The van der Waals surface area contributed by atoms with Crippen molar-refractivity contribution in [3.8, 4) is 11.5 Å². The van der Waals surface area contributed by atoms with Gasteiger partial charge in [-0.05, 0) is 42.9 Å². The molecule has 32 heavy (non-hydrogen) atoms. The highest BCUT2D eigenvalue weighted by Gasteiger charge is 2.22. The van der Waals surface area contributed by atoms with Gasteiger partial charge >= 0.3 is 5.69 Å². The van der Waals surface area contributed by atoms with Gasteiger partial charge in [0.15, 0.2) is 10.9 Å². The van der Waals surface area contributed by atoms with Gasteiger partial charge in [0.1, 0.15) is 6.61 Å². The summed E-state index contributed by atoms with van der Waals surface area (Å²) >= 11 is 5.19. The minimum atomic E-state index is -0.513. The maximum absolute atomic E-state index is 11.7. The Morgan fingerprint density at radius 1 is 1.16 bits per heavy atom. The summed E-state index contributed by atoms with van der Waals surface area (Å²) in [5.41, 5.74) is 5.70. The molecular formula is C23H22N4O4S. The van der Waals surface area contributed by atoms with E-state index in [0.29, 0.717) is 5.56 Å². The Morgan fingerprint density at radius 2 is 1.94 bits per heavy atom. The molecule has 0 unspecified atom stereocenters. The maximum atomic E-state index is 11.7. The molecule has 9 heteroatoms. The Bertz CT molecular complexity index is 1140. The monoisotopic (exact) mass is 450 g/mol. The fourth-order valence-corrected chi connectivity index (χ4v) is 3.09. The van der Waals surface area contributed by atoms with E-state index in [1.54, 1.807) is 6.07 Å². The molecule has 0 aliphatic carbocycles. The van der Waals surface area contributed by atoms with Crippen LogP contribution in [0.5, 0.6) is 11.5 Å². The second-order valence-electron chi connectivity index (χ2n) is 6.80. The van der Waals surface area contributed by atoms with Crippen LogP contribution in [0.1, 0.15) is 16.7 Å². The zero-order valence-electron chi connectivity index (χ0n) is 17.6. The average Bonchev–Trinajstić information content (AvgIpc) is 2.78. The summed E-state index contributed by atoms with van der Waals surface area (Å²) in [5, 5.41) is 19.0. The number of methoxy groups -OCH3 is 1. The van der Waals surface area contributed by atoms with Crippen LogP contribution in [0.3, 0.4) is 0 Å². The molecule has 0 aliphatic heterocycles. The van der Waals surface area contributed by atoms with E-state index in [-0.39, 0.29) is 28.9 Å². The smallest absolute Gasteiger partial charge is 0.315 e. The fraction of sp³-hybridized carbons (Fsp3) is 0.130. The van der Waals surface area contributed by atoms with Gasteiger partial charge in [0.2, 0.25) is 5.75 Å². The van der Waals surface area contributed by atoms with Crippen molar-refractivity contribution in [3.05, 3.63) is 93.5 Å². The first-order valence-corrected chi connectivity index (χ1v) is 10.1. The van der Waals surface area contributed by atoms with Gasteiger partial charge in [0.25, 0.3) is 0 Å². The molecule has 8 nitrogen and oxygen atoms in total. The van der Waals surface area contributed by atoms with Crippen molar-refractivity contribution in [2.75, 3.05) is 12.4 Å². The molecule has 0 heterocycles. The van der Waals surface area contributed by atoms with Crippen LogP contribution in [-0.4, -0.2) is 23.4 Å². The first-order valence-electron chi connectivity index (χ1n) is 9.66. The molecule has 0 saturated carbocycles. The van der Waals surface area contributed by atoms with Crippen LogP contribution in [-0.2, 0) is 6.61 Å². The third-order valence-corrected chi connectivity index (χ3v) is 4.54. The van der Waals surface area contributed by atoms with Gasteiger partial charge in [0, 0.05) is 17.3 Å². The van der Waals surface area contributed by atoms with Gasteiger partial charge in [-0.25, -0.2) is 0 Å². The zero-order chi connectivity index (χ0) is 22.9. The normalized spacial score (nSPS) is 10.6. The Hall–Kier alpha value is -3.98. The number of ether oxygens (including phenoxy) is 2. The van der Waals surface area contributed by atoms with Gasteiger partial charge in [-0.3, -0.25) is 15.5 Å². The van der Waals surface area contributed by atoms with E-state index in [4.69, 9.17) is 21.7 Å². The second kappa shape index (κ2) is 10.9. The van der Waals surface area contributed by atoms with E-state index in [9.17, 15) is 10.1 Å². The van der Waals surface area contributed by atoms with Gasteiger partial charge in [-0.15, -0.1) is 0 Å². The molecule has 0 amide bonds. The maximum Gasteiger partial charge on any atom is 0.315 e. The number of nitrogens with zero attached hydrogens (tertiary/aromatic N) is 2. The SMILES string of the molecule is COc1cc(/C=N/NC(=S)Nc2ccccc2)cc([N+](=O)[O-])c1OCc1cccc(C)c1. The highest BCUT2D eigenvalue weighted by molar-refractivity contribution is 7.80. The van der Waals surface area contributed by atoms with Crippen molar-refractivity contribution in [2.24, 2.45) is 5.10 Å². The highest BCUT2D eigenvalue weighted by atomic mass is 32.1. The van der Waals surface area contributed by atoms with Crippen molar-refractivity contribution < 1.29 is 14.4 Å². The topological polar surface area (TPSA) is 98.0 Å². The molecule has 3 aromatic rings. The van der Waals surface area contributed by atoms with Crippen molar-refractivity contribution in [1.82, 2.24) is 5.43 Å². The number of hydrazone groups is 1. The van der Waals surface area contributed by atoms with E-state index in [0.717, 1.165) is 16.8 Å². The lowest BCUT2D eigenvalue weighted by atomic mass is 10.1. The standard InChI is InChI=1S/C23H22N4O4S/c1-16-7-6-8-17(11-16)15-31-22-20(27(28)29)12-18(13-21(22)30-2)14-24-26-23(32)25-19-9-4-3-5-10-19/h3-14H,15H2,1-2H3,(H2,25,26,32)/b24-14+. The minimum Gasteiger partial charge on any atom is -0.493 e. The first kappa shape index (κ1) is 22.7. The lowest BCUT2D eigenvalue weighted by Gasteiger charge is -2.12. The molecule has 0 radical (unpaired) electrons. The van der Waals surface area contributed by atoms with Gasteiger partial charge in [-0.1, -0.05) is 48.0 Å². The third-order valence-electron chi connectivity index (χ3n) is 4.35. The minimum absolute atomic E-state index is 0.0605. The summed E-state index contributed by atoms with van der Waals surface area (Å²) in [5.74, 6) is 0.295. The number of nitrogens with one attached hydrogen (secondary N) is 2. The molecule has 0 aliphatic rings. The summed E-state index contributed by atoms with van der Waals surface area (Å²) < 4.78 is 11.1. The number of anilines is 1. The van der Waals surface area contributed by atoms with Crippen LogP contribution in [0.4, 0.5) is 11.4 Å². The van der Waals surface area contributed by atoms with E-state index in [2.05, 4.69) is 15.8 Å². The summed E-state index contributed by atoms with van der Waals surface area (Å²) in [7, 11) is 1.43. The second-order valence-corrected chi connectivity index (χ2v) is 7.20. The summed E-state index contributed by atoms with van der Waals surface area (Å²) in [6.45, 7) is 2.14. The van der Waals surface area contributed by atoms with Gasteiger partial charge < -0.3 is 14.8 Å². The van der Waals surface area contributed by atoms with Crippen LogP contribution in [0.15, 0.2) is 71.8 Å².